The third kappa shape index (κ3) is 4.04. The van der Waals surface area contributed by atoms with Crippen molar-refractivity contribution in [3.8, 4) is 11.1 Å². The monoisotopic (exact) mass is 519 g/mol. The Morgan fingerprint density at radius 3 is 2.51 bits per heavy atom. The molecule has 2 atom stereocenters. The number of para-hydroxylation sites is 1. The molecule has 1 unspecified atom stereocenters. The minimum atomic E-state index is -3.30. The number of amides is 1. The SMILES string of the molecule is Cc1noc(C)c1-c1ccc2c(c1)nc(C1CCC(=O)N1c1ccccc1)n2[C@@H]1CCN(S(C)(=O)=O)C1. The van der Waals surface area contributed by atoms with E-state index in [-0.39, 0.29) is 18.0 Å². The average molecular weight is 520 g/mol. The number of rotatable bonds is 5. The van der Waals surface area contributed by atoms with E-state index in [1.54, 1.807) is 0 Å². The number of aryl methyl sites for hydroxylation is 2. The van der Waals surface area contributed by atoms with Crippen LogP contribution in [0.1, 0.15) is 48.6 Å². The van der Waals surface area contributed by atoms with Gasteiger partial charge < -0.3 is 14.0 Å². The Morgan fingerprint density at radius 1 is 1.05 bits per heavy atom. The van der Waals surface area contributed by atoms with Gasteiger partial charge in [-0.2, -0.15) is 0 Å². The fourth-order valence-electron chi connectivity index (χ4n) is 5.85. The molecular weight excluding hydrogens is 490 g/mol. The van der Waals surface area contributed by atoms with Gasteiger partial charge in [-0.25, -0.2) is 17.7 Å². The molecule has 2 fully saturated rings. The van der Waals surface area contributed by atoms with Crippen LogP contribution < -0.4 is 4.90 Å². The molecule has 1 amide bonds. The molecule has 6 rings (SSSR count). The largest absolute Gasteiger partial charge is 0.361 e. The average Bonchev–Trinajstić information content (AvgIpc) is 3.64. The standard InChI is InChI=1S/C27H29N5O4S/c1-17-26(18(2)36-29-17)19-9-10-23-22(15-19)28-27(32(23)21-13-14-30(16-21)37(3,34)35)24-11-12-25(33)31(24)20-7-5-4-6-8-20/h4-10,15,21,24H,11-14,16H2,1-3H3/t21-,24?/m1/s1. The Kier molecular flexibility index (Phi) is 5.68. The second-order valence-corrected chi connectivity index (χ2v) is 11.9. The summed E-state index contributed by atoms with van der Waals surface area (Å²) in [6.45, 7) is 4.66. The first-order valence-corrected chi connectivity index (χ1v) is 14.3. The van der Waals surface area contributed by atoms with Gasteiger partial charge in [-0.3, -0.25) is 4.79 Å². The first-order valence-electron chi connectivity index (χ1n) is 12.5. The van der Waals surface area contributed by atoms with E-state index in [1.807, 2.05) is 67.3 Å². The molecule has 2 aliphatic heterocycles. The highest BCUT2D eigenvalue weighted by molar-refractivity contribution is 7.88. The summed E-state index contributed by atoms with van der Waals surface area (Å²) in [6.07, 6.45) is 3.03. The van der Waals surface area contributed by atoms with Gasteiger partial charge in [0.2, 0.25) is 15.9 Å². The van der Waals surface area contributed by atoms with Gasteiger partial charge >= 0.3 is 0 Å². The number of hydrogen-bond donors (Lipinski definition) is 0. The number of anilines is 1. The second-order valence-electron chi connectivity index (χ2n) is 9.96. The van der Waals surface area contributed by atoms with Gasteiger partial charge in [0, 0.05) is 30.8 Å². The third-order valence-electron chi connectivity index (χ3n) is 7.54. The molecule has 10 heteroatoms. The second kappa shape index (κ2) is 8.81. The van der Waals surface area contributed by atoms with Crippen LogP contribution in [0, 0.1) is 13.8 Å². The zero-order valence-electron chi connectivity index (χ0n) is 21.1. The maximum absolute atomic E-state index is 13.1. The van der Waals surface area contributed by atoms with Gasteiger partial charge in [-0.05, 0) is 56.5 Å². The number of aromatic nitrogens is 3. The van der Waals surface area contributed by atoms with Crippen LogP contribution in [0.15, 0.2) is 53.1 Å². The zero-order chi connectivity index (χ0) is 25.9. The lowest BCUT2D eigenvalue weighted by Gasteiger charge is -2.27. The predicted octanol–water partition coefficient (Wildman–Crippen LogP) is 4.38. The third-order valence-corrected chi connectivity index (χ3v) is 8.81. The van der Waals surface area contributed by atoms with Crippen molar-refractivity contribution in [3.63, 3.8) is 0 Å². The van der Waals surface area contributed by atoms with E-state index in [0.29, 0.717) is 32.4 Å². The minimum Gasteiger partial charge on any atom is -0.361 e. The molecule has 0 aliphatic carbocycles. The van der Waals surface area contributed by atoms with Crippen LogP contribution in [0.3, 0.4) is 0 Å². The van der Waals surface area contributed by atoms with Gasteiger partial charge in [0.25, 0.3) is 0 Å². The molecule has 4 heterocycles. The van der Waals surface area contributed by atoms with Crippen molar-refractivity contribution in [1.82, 2.24) is 19.0 Å². The topological polar surface area (TPSA) is 102 Å². The van der Waals surface area contributed by atoms with Crippen LogP contribution in [-0.4, -0.2) is 52.7 Å². The van der Waals surface area contributed by atoms with Crippen LogP contribution in [0.2, 0.25) is 0 Å². The molecule has 0 spiro atoms. The number of carbonyl (C=O) groups excluding carboxylic acids is 1. The number of nitrogens with zero attached hydrogens (tertiary/aromatic N) is 5. The predicted molar refractivity (Wildman–Crippen MR) is 141 cm³/mol. The summed E-state index contributed by atoms with van der Waals surface area (Å²) in [5, 5.41) is 4.10. The van der Waals surface area contributed by atoms with E-state index in [9.17, 15) is 13.2 Å². The van der Waals surface area contributed by atoms with E-state index in [0.717, 1.165) is 45.1 Å². The molecule has 0 N–H and O–H groups in total. The van der Waals surface area contributed by atoms with E-state index >= 15 is 0 Å². The van der Waals surface area contributed by atoms with Crippen LogP contribution >= 0.6 is 0 Å². The molecule has 2 aromatic heterocycles. The van der Waals surface area contributed by atoms with E-state index in [2.05, 4.69) is 9.72 Å². The molecule has 37 heavy (non-hydrogen) atoms. The van der Waals surface area contributed by atoms with Crippen LogP contribution in [0.25, 0.3) is 22.2 Å². The van der Waals surface area contributed by atoms with Crippen molar-refractivity contribution >= 4 is 32.7 Å². The van der Waals surface area contributed by atoms with E-state index < -0.39 is 10.0 Å². The Morgan fingerprint density at radius 2 is 1.84 bits per heavy atom. The number of sulfonamides is 1. The van der Waals surface area contributed by atoms with Gasteiger partial charge in [0.15, 0.2) is 0 Å². The van der Waals surface area contributed by atoms with Crippen LogP contribution in [-0.2, 0) is 14.8 Å². The Balaban J connectivity index is 1.51. The van der Waals surface area contributed by atoms with Crippen LogP contribution in [0.5, 0.6) is 0 Å². The molecular formula is C27H29N5O4S. The summed E-state index contributed by atoms with van der Waals surface area (Å²) in [5.74, 6) is 1.60. The number of benzene rings is 2. The minimum absolute atomic E-state index is 0.0652. The lowest BCUT2D eigenvalue weighted by Crippen LogP contribution is -2.31. The lowest BCUT2D eigenvalue weighted by molar-refractivity contribution is -0.117. The van der Waals surface area contributed by atoms with Crippen molar-refractivity contribution in [2.24, 2.45) is 0 Å². The number of fused-ring (bicyclic) bond motifs is 1. The Labute approximate surface area is 215 Å². The molecule has 0 radical (unpaired) electrons. The van der Waals surface area contributed by atoms with Crippen LogP contribution in [0.4, 0.5) is 5.69 Å². The van der Waals surface area contributed by atoms with Crippen molar-refractivity contribution in [2.45, 2.75) is 45.2 Å². The molecule has 0 saturated carbocycles. The summed E-state index contributed by atoms with van der Waals surface area (Å²) in [5.41, 5.74) is 5.30. The van der Waals surface area contributed by atoms with E-state index in [1.165, 1.54) is 10.6 Å². The molecule has 9 nitrogen and oxygen atoms in total. The molecule has 2 saturated heterocycles. The van der Waals surface area contributed by atoms with Crippen molar-refractivity contribution < 1.29 is 17.7 Å². The highest BCUT2D eigenvalue weighted by Crippen LogP contribution is 2.41. The summed E-state index contributed by atoms with van der Waals surface area (Å²) in [7, 11) is -3.30. The fourth-order valence-corrected chi connectivity index (χ4v) is 6.73. The van der Waals surface area contributed by atoms with E-state index in [4.69, 9.17) is 9.51 Å². The molecule has 2 aliphatic rings. The smallest absolute Gasteiger partial charge is 0.227 e. The maximum atomic E-state index is 13.1. The normalized spacial score (nSPS) is 20.9. The molecule has 4 aromatic rings. The molecule has 0 bridgehead atoms. The van der Waals surface area contributed by atoms with Gasteiger partial charge in [-0.1, -0.05) is 29.4 Å². The maximum Gasteiger partial charge on any atom is 0.227 e. The zero-order valence-corrected chi connectivity index (χ0v) is 21.9. The fraction of sp³-hybridized carbons (Fsp3) is 0.370. The summed E-state index contributed by atoms with van der Waals surface area (Å²) >= 11 is 0. The lowest BCUT2D eigenvalue weighted by atomic mass is 10.0. The highest BCUT2D eigenvalue weighted by atomic mass is 32.2. The quantitative estimate of drug-likeness (QED) is 0.388. The summed E-state index contributed by atoms with van der Waals surface area (Å²) < 4.78 is 33.7. The summed E-state index contributed by atoms with van der Waals surface area (Å²) in [4.78, 5) is 20.0. The van der Waals surface area contributed by atoms with Crippen molar-refractivity contribution in [3.05, 3.63) is 65.8 Å². The number of hydrogen-bond acceptors (Lipinski definition) is 6. The van der Waals surface area contributed by atoms with Gasteiger partial charge in [-0.15, -0.1) is 0 Å². The number of imidazole rings is 1. The first kappa shape index (κ1) is 23.9. The summed E-state index contributed by atoms with van der Waals surface area (Å²) in [6, 6.07) is 15.5. The Bertz CT molecular complexity index is 1590. The molecule has 192 valence electrons. The van der Waals surface area contributed by atoms with Gasteiger partial charge in [0.05, 0.1) is 35.1 Å². The van der Waals surface area contributed by atoms with Crippen molar-refractivity contribution in [1.29, 1.82) is 0 Å². The number of carbonyl (C=O) groups is 1. The highest BCUT2D eigenvalue weighted by Gasteiger charge is 2.39. The van der Waals surface area contributed by atoms with Gasteiger partial charge in [0.1, 0.15) is 11.6 Å². The first-order chi connectivity index (χ1) is 17.7. The Hall–Kier alpha value is -3.50. The molecule has 2 aromatic carbocycles. The van der Waals surface area contributed by atoms with Crippen molar-refractivity contribution in [2.75, 3.05) is 24.2 Å².